The third kappa shape index (κ3) is 6.81. The second kappa shape index (κ2) is 11.7. The van der Waals surface area contributed by atoms with E-state index in [2.05, 4.69) is 4.90 Å². The predicted octanol–water partition coefficient (Wildman–Crippen LogP) is 6.87. The fraction of sp³-hybridized carbons (Fsp3) is 0.345. The predicted molar refractivity (Wildman–Crippen MR) is 133 cm³/mol. The summed E-state index contributed by atoms with van der Waals surface area (Å²) in [5.74, 6) is -0.107. The van der Waals surface area contributed by atoms with E-state index in [4.69, 9.17) is 9.47 Å². The Morgan fingerprint density at radius 1 is 1.03 bits per heavy atom. The molecule has 37 heavy (non-hydrogen) atoms. The molecule has 0 spiro atoms. The highest BCUT2D eigenvalue weighted by Gasteiger charge is 2.30. The van der Waals surface area contributed by atoms with Crippen LogP contribution in [-0.4, -0.2) is 19.1 Å². The van der Waals surface area contributed by atoms with E-state index < -0.39 is 17.6 Å². The minimum atomic E-state index is -4.37. The molecule has 0 saturated heterocycles. The number of hydrogen-bond acceptors (Lipinski definition) is 4. The van der Waals surface area contributed by atoms with Gasteiger partial charge in [-0.3, -0.25) is 4.79 Å². The molecule has 3 aromatic rings. The fourth-order valence-corrected chi connectivity index (χ4v) is 4.51. The summed E-state index contributed by atoms with van der Waals surface area (Å²) in [4.78, 5) is 13.7. The maximum Gasteiger partial charge on any atom is 0.416 e. The van der Waals surface area contributed by atoms with Gasteiger partial charge in [-0.05, 0) is 72.7 Å². The number of ether oxygens (including phenoxy) is 2. The van der Waals surface area contributed by atoms with Crippen molar-refractivity contribution in [2.45, 2.75) is 51.9 Å². The van der Waals surface area contributed by atoms with Gasteiger partial charge in [-0.2, -0.15) is 13.2 Å². The summed E-state index contributed by atoms with van der Waals surface area (Å²) in [6, 6.07) is 15.9. The molecular formula is C29H29F4NO3. The lowest BCUT2D eigenvalue weighted by molar-refractivity contribution is -0.143. The Labute approximate surface area is 213 Å². The summed E-state index contributed by atoms with van der Waals surface area (Å²) in [6.45, 7) is 3.38. The lowest BCUT2D eigenvalue weighted by Crippen LogP contribution is -2.29. The molecule has 4 rings (SSSR count). The first kappa shape index (κ1) is 26.5. The molecule has 0 aromatic heterocycles. The van der Waals surface area contributed by atoms with Crippen LogP contribution in [0.3, 0.4) is 0 Å². The molecule has 0 unspecified atom stereocenters. The highest BCUT2D eigenvalue weighted by atomic mass is 19.4. The first-order valence-electron chi connectivity index (χ1n) is 12.3. The standard InChI is InChI=1S/C29H29F4NO3/c1-2-36-27(35)15-12-22-11-8-21(17-25(22)30)19-37-26-7-3-5-23-6-4-16-34(28(23)26)18-20-9-13-24(14-10-20)29(31,32)33/h3,5,7-11,13-14,17H,2,4,6,12,15-16,18-19H2,1H3. The summed E-state index contributed by atoms with van der Waals surface area (Å²) in [5, 5.41) is 0. The van der Waals surface area contributed by atoms with Crippen LogP contribution in [0.1, 0.15) is 47.6 Å². The van der Waals surface area contributed by atoms with Crippen LogP contribution >= 0.6 is 0 Å². The Kier molecular flexibility index (Phi) is 8.36. The lowest BCUT2D eigenvalue weighted by Gasteiger charge is -2.33. The number of anilines is 1. The quantitative estimate of drug-likeness (QED) is 0.230. The van der Waals surface area contributed by atoms with Gasteiger partial charge in [0, 0.05) is 19.5 Å². The molecule has 0 N–H and O–H groups in total. The second-order valence-electron chi connectivity index (χ2n) is 9.00. The molecule has 3 aromatic carbocycles. The Bertz CT molecular complexity index is 1220. The molecule has 0 aliphatic carbocycles. The molecule has 1 heterocycles. The van der Waals surface area contributed by atoms with Crippen LogP contribution in [0.15, 0.2) is 60.7 Å². The zero-order valence-electron chi connectivity index (χ0n) is 20.6. The first-order valence-corrected chi connectivity index (χ1v) is 12.3. The number of esters is 1. The van der Waals surface area contributed by atoms with Crippen LogP contribution in [0.25, 0.3) is 0 Å². The third-order valence-corrected chi connectivity index (χ3v) is 6.34. The minimum absolute atomic E-state index is 0.117. The number of carbonyl (C=O) groups is 1. The van der Waals surface area contributed by atoms with Crippen molar-refractivity contribution in [1.82, 2.24) is 0 Å². The number of aryl methyl sites for hydroxylation is 2. The van der Waals surface area contributed by atoms with E-state index in [-0.39, 0.29) is 25.4 Å². The van der Waals surface area contributed by atoms with Gasteiger partial charge < -0.3 is 14.4 Å². The van der Waals surface area contributed by atoms with Gasteiger partial charge in [0.25, 0.3) is 0 Å². The van der Waals surface area contributed by atoms with Crippen molar-refractivity contribution in [3.63, 3.8) is 0 Å². The average molecular weight is 516 g/mol. The SMILES string of the molecule is CCOC(=O)CCc1ccc(COc2cccc3c2N(Cc2ccc(C(F)(F)F)cc2)CCC3)cc1F. The van der Waals surface area contributed by atoms with Crippen molar-refractivity contribution >= 4 is 11.7 Å². The van der Waals surface area contributed by atoms with Crippen LogP contribution in [0.2, 0.25) is 0 Å². The van der Waals surface area contributed by atoms with Crippen molar-refractivity contribution in [1.29, 1.82) is 0 Å². The molecule has 8 heteroatoms. The number of fused-ring (bicyclic) bond motifs is 1. The summed E-state index contributed by atoms with van der Waals surface area (Å²) in [5.41, 5.74) is 3.22. The van der Waals surface area contributed by atoms with Gasteiger partial charge in [-0.25, -0.2) is 4.39 Å². The van der Waals surface area contributed by atoms with Crippen molar-refractivity contribution in [3.05, 3.63) is 94.3 Å². The number of para-hydroxylation sites is 1. The highest BCUT2D eigenvalue weighted by molar-refractivity contribution is 5.69. The second-order valence-corrected chi connectivity index (χ2v) is 9.00. The third-order valence-electron chi connectivity index (χ3n) is 6.34. The largest absolute Gasteiger partial charge is 0.487 e. The van der Waals surface area contributed by atoms with E-state index in [0.717, 1.165) is 48.3 Å². The summed E-state index contributed by atoms with van der Waals surface area (Å²) < 4.78 is 64.4. The van der Waals surface area contributed by atoms with Gasteiger partial charge in [0.1, 0.15) is 18.2 Å². The first-order chi connectivity index (χ1) is 17.7. The van der Waals surface area contributed by atoms with E-state index in [9.17, 15) is 22.4 Å². The Morgan fingerprint density at radius 2 is 1.78 bits per heavy atom. The molecule has 0 saturated carbocycles. The molecule has 0 amide bonds. The van der Waals surface area contributed by atoms with Gasteiger partial charge >= 0.3 is 12.1 Å². The Morgan fingerprint density at radius 3 is 2.49 bits per heavy atom. The van der Waals surface area contributed by atoms with Crippen molar-refractivity contribution in [2.24, 2.45) is 0 Å². The number of halogens is 4. The molecular weight excluding hydrogens is 486 g/mol. The van der Waals surface area contributed by atoms with E-state index in [1.165, 1.54) is 18.2 Å². The number of carbonyl (C=O) groups excluding carboxylic acids is 1. The smallest absolute Gasteiger partial charge is 0.416 e. The Balaban J connectivity index is 1.45. The van der Waals surface area contributed by atoms with Crippen LogP contribution in [0, 0.1) is 5.82 Å². The molecule has 196 valence electrons. The summed E-state index contributed by atoms with van der Waals surface area (Å²) in [6.07, 6.45) is -2.19. The van der Waals surface area contributed by atoms with Gasteiger partial charge in [0.15, 0.2) is 0 Å². The minimum Gasteiger partial charge on any atom is -0.487 e. The van der Waals surface area contributed by atoms with Crippen molar-refractivity contribution < 1.29 is 31.8 Å². The highest BCUT2D eigenvalue weighted by Crippen LogP contribution is 2.38. The van der Waals surface area contributed by atoms with Gasteiger partial charge in [0.05, 0.1) is 17.9 Å². The Hall–Kier alpha value is -3.55. The number of benzene rings is 3. The normalized spacial score (nSPS) is 13.3. The molecule has 0 radical (unpaired) electrons. The van der Waals surface area contributed by atoms with Crippen molar-refractivity contribution in [3.8, 4) is 5.75 Å². The van der Waals surface area contributed by atoms with Crippen LogP contribution < -0.4 is 9.64 Å². The average Bonchev–Trinajstić information content (AvgIpc) is 2.87. The zero-order chi connectivity index (χ0) is 26.4. The van der Waals surface area contributed by atoms with E-state index >= 15 is 0 Å². The number of alkyl halides is 3. The molecule has 1 aliphatic rings. The number of nitrogens with zero attached hydrogens (tertiary/aromatic N) is 1. The maximum absolute atomic E-state index is 14.6. The van der Waals surface area contributed by atoms with Gasteiger partial charge in [0.2, 0.25) is 0 Å². The van der Waals surface area contributed by atoms with Crippen LogP contribution in [0.5, 0.6) is 5.75 Å². The van der Waals surface area contributed by atoms with Crippen molar-refractivity contribution in [2.75, 3.05) is 18.1 Å². The van der Waals surface area contributed by atoms with Crippen LogP contribution in [0.4, 0.5) is 23.2 Å². The van der Waals surface area contributed by atoms with Crippen LogP contribution in [-0.2, 0) is 41.7 Å². The molecule has 0 atom stereocenters. The van der Waals surface area contributed by atoms with Gasteiger partial charge in [-0.15, -0.1) is 0 Å². The molecule has 1 aliphatic heterocycles. The topological polar surface area (TPSA) is 38.8 Å². The maximum atomic E-state index is 14.6. The lowest BCUT2D eigenvalue weighted by atomic mass is 10.00. The fourth-order valence-electron chi connectivity index (χ4n) is 4.51. The molecule has 0 bridgehead atoms. The van der Waals surface area contributed by atoms with E-state index in [1.807, 2.05) is 18.2 Å². The summed E-state index contributed by atoms with van der Waals surface area (Å²) in [7, 11) is 0. The van der Waals surface area contributed by atoms with E-state index in [0.29, 0.717) is 30.0 Å². The van der Waals surface area contributed by atoms with E-state index in [1.54, 1.807) is 19.1 Å². The number of rotatable bonds is 9. The zero-order valence-corrected chi connectivity index (χ0v) is 20.6. The molecule has 0 fully saturated rings. The number of hydrogen-bond donors (Lipinski definition) is 0. The summed E-state index contributed by atoms with van der Waals surface area (Å²) >= 11 is 0. The van der Waals surface area contributed by atoms with Gasteiger partial charge in [-0.1, -0.05) is 36.4 Å². The monoisotopic (exact) mass is 515 g/mol. The molecule has 4 nitrogen and oxygen atoms in total.